The Hall–Kier alpha value is 1.91. The molecule has 0 aliphatic carbocycles. The Morgan fingerprint density at radius 2 is 0.667 bits per heavy atom. The zero-order valence-electron chi connectivity index (χ0n) is 3.01. The number of rotatable bonds is 0. The van der Waals surface area contributed by atoms with Gasteiger partial charge in [0.1, 0.15) is 0 Å². The van der Waals surface area contributed by atoms with E-state index in [0.717, 1.165) is 0 Å². The fourth-order valence-electron chi connectivity index (χ4n) is 0. The second-order valence-electron chi connectivity index (χ2n) is 0. The number of hydrogen-bond donors (Lipinski definition) is 0. The van der Waals surface area contributed by atoms with Gasteiger partial charge in [-0.05, 0) is 0 Å². The third-order valence-electron chi connectivity index (χ3n) is 0. The van der Waals surface area contributed by atoms with Crippen molar-refractivity contribution in [3.63, 3.8) is 0 Å². The van der Waals surface area contributed by atoms with Crippen LogP contribution in [0, 0.1) is 0 Å². The predicted octanol–water partition coefficient (Wildman–Crippen LogP) is -2.48. The average Bonchev–Trinajstić information content (AvgIpc) is 0. The number of hydrogen-bond acceptors (Lipinski definition) is 0. The minimum atomic E-state index is 0. The molecular weight excluding hydrogens is 268 g/mol. The van der Waals surface area contributed by atoms with E-state index in [2.05, 4.69) is 0 Å². The van der Waals surface area contributed by atoms with Crippen molar-refractivity contribution in [1.82, 2.24) is 0 Å². The van der Waals surface area contributed by atoms with Crippen molar-refractivity contribution in [3.8, 4) is 0 Å². The molecule has 3 nitrogen and oxygen atoms in total. The van der Waals surface area contributed by atoms with E-state index >= 15 is 0 Å². The molecule has 0 aromatic rings. The zero-order valence-corrected chi connectivity index (χ0v) is 9.38. The predicted molar refractivity (Wildman–Crippen MR) is 10.8 cm³/mol. The molecule has 6 heteroatoms. The third-order valence-corrected chi connectivity index (χ3v) is 0. The summed E-state index contributed by atoms with van der Waals surface area (Å²) in [5, 5.41) is 0. The van der Waals surface area contributed by atoms with Crippen LogP contribution in [0.1, 0.15) is 0 Å². The van der Waals surface area contributed by atoms with E-state index in [1.165, 1.54) is 0 Å². The molecule has 6 N–H and O–H groups in total. The van der Waals surface area contributed by atoms with Crippen LogP contribution in [0.5, 0.6) is 0 Å². The van der Waals surface area contributed by atoms with Gasteiger partial charge in [0.25, 0.3) is 0 Å². The maximum atomic E-state index is 0. The molecule has 0 atom stereocenters. The van der Waals surface area contributed by atoms with E-state index in [1.807, 2.05) is 0 Å². The Labute approximate surface area is 78.5 Å². The molecule has 0 bridgehead atoms. The fourth-order valence-corrected chi connectivity index (χ4v) is 0. The molecule has 0 spiro atoms. The van der Waals surface area contributed by atoms with Crippen LogP contribution in [-0.2, 0) is 62.8 Å². The zero-order chi connectivity index (χ0) is 0. The quantitative estimate of drug-likeness (QED) is 0.437. The van der Waals surface area contributed by atoms with Gasteiger partial charge in [0.2, 0.25) is 0 Å². The molecule has 0 aliphatic heterocycles. The Kier molecular flexibility index (Phi) is 1150. The molecule has 1 radical (unpaired) electrons. The summed E-state index contributed by atoms with van der Waals surface area (Å²) >= 11 is 0. The van der Waals surface area contributed by atoms with Gasteiger partial charge in [-0.2, -0.15) is 0 Å². The summed E-state index contributed by atoms with van der Waals surface area (Å²) in [5.41, 5.74) is 0. The standard InChI is InChI=1S/Cu.3H2O.Zn.Zr/h;3*1H2;;. The molecule has 0 saturated carbocycles. The maximum absolute atomic E-state index is 0. The van der Waals surface area contributed by atoms with Crippen LogP contribution in [0.3, 0.4) is 0 Å². The van der Waals surface area contributed by atoms with Crippen molar-refractivity contribution in [3.05, 3.63) is 0 Å². The first-order valence-electron chi connectivity index (χ1n) is 0. The molecule has 0 aromatic heterocycles. The summed E-state index contributed by atoms with van der Waals surface area (Å²) in [6.07, 6.45) is 0. The van der Waals surface area contributed by atoms with Crippen LogP contribution >= 0.6 is 0 Å². The minimum absolute atomic E-state index is 0. The van der Waals surface area contributed by atoms with Crippen molar-refractivity contribution in [1.29, 1.82) is 0 Å². The molecule has 41 valence electrons. The molecule has 0 amide bonds. The van der Waals surface area contributed by atoms with E-state index in [9.17, 15) is 0 Å². The van der Waals surface area contributed by atoms with Gasteiger partial charge < -0.3 is 16.4 Å². The molecule has 0 heterocycles. The Bertz CT molecular complexity index is 10.8. The van der Waals surface area contributed by atoms with Crippen LogP contribution in [0.25, 0.3) is 0 Å². The molecular formula is H6CuO3ZnZr. The van der Waals surface area contributed by atoms with Gasteiger partial charge in [-0.1, -0.05) is 0 Å². The van der Waals surface area contributed by atoms with E-state index in [1.54, 1.807) is 0 Å². The van der Waals surface area contributed by atoms with Crippen molar-refractivity contribution in [2.75, 3.05) is 0 Å². The molecule has 0 aromatic carbocycles. The summed E-state index contributed by atoms with van der Waals surface area (Å²) in [6, 6.07) is 0. The Morgan fingerprint density at radius 3 is 0.667 bits per heavy atom. The Balaban J connectivity index is 0. The summed E-state index contributed by atoms with van der Waals surface area (Å²) < 4.78 is 0. The average molecular weight is 274 g/mol. The van der Waals surface area contributed by atoms with Gasteiger partial charge in [-0.15, -0.1) is 0 Å². The summed E-state index contributed by atoms with van der Waals surface area (Å²) in [7, 11) is 0. The van der Waals surface area contributed by atoms with Crippen molar-refractivity contribution in [2.45, 2.75) is 0 Å². The molecule has 0 rings (SSSR count). The SMILES string of the molecule is O.O.O.[Cu].[Zn].[Zr]. The van der Waals surface area contributed by atoms with Crippen molar-refractivity contribution >= 4 is 0 Å². The second-order valence-corrected chi connectivity index (χ2v) is 0. The van der Waals surface area contributed by atoms with E-state index < -0.39 is 0 Å². The first-order valence-corrected chi connectivity index (χ1v) is 0. The molecule has 0 unspecified atom stereocenters. The summed E-state index contributed by atoms with van der Waals surface area (Å²) in [4.78, 5) is 0. The van der Waals surface area contributed by atoms with Gasteiger partial charge >= 0.3 is 0 Å². The third kappa shape index (κ3) is 39.1. The van der Waals surface area contributed by atoms with Crippen molar-refractivity contribution in [2.24, 2.45) is 0 Å². The molecule has 6 heavy (non-hydrogen) atoms. The fraction of sp³-hybridized carbons (Fsp3) is 0. The van der Waals surface area contributed by atoms with Crippen LogP contribution < -0.4 is 0 Å². The molecule has 0 fully saturated rings. The second kappa shape index (κ2) is 66.3. The Morgan fingerprint density at radius 1 is 0.667 bits per heavy atom. The first-order chi connectivity index (χ1) is 0. The van der Waals surface area contributed by atoms with Gasteiger partial charge in [0.15, 0.2) is 0 Å². The van der Waals surface area contributed by atoms with Gasteiger partial charge in [-0.25, -0.2) is 0 Å². The first kappa shape index (κ1) is 104. The monoisotopic (exact) mass is 271 g/mol. The van der Waals surface area contributed by atoms with Crippen LogP contribution in [0.2, 0.25) is 0 Å². The smallest absolute Gasteiger partial charge is 0 e. The molecule has 0 saturated heterocycles. The topological polar surface area (TPSA) is 94.5 Å². The van der Waals surface area contributed by atoms with Crippen LogP contribution in [-0.4, -0.2) is 16.4 Å². The van der Waals surface area contributed by atoms with Crippen molar-refractivity contribution < 1.29 is 79.2 Å². The van der Waals surface area contributed by atoms with E-state index in [4.69, 9.17) is 0 Å². The largest absolute Gasteiger partial charge is 0.412 e. The van der Waals surface area contributed by atoms with Gasteiger partial charge in [0, 0.05) is 62.8 Å². The normalized spacial score (nSPS) is 0. The van der Waals surface area contributed by atoms with E-state index in [0.29, 0.717) is 0 Å². The maximum Gasteiger partial charge on any atom is 0 e. The van der Waals surface area contributed by atoms with Crippen LogP contribution in [0.4, 0.5) is 0 Å². The van der Waals surface area contributed by atoms with Gasteiger partial charge in [-0.3, -0.25) is 0 Å². The summed E-state index contributed by atoms with van der Waals surface area (Å²) in [5.74, 6) is 0. The summed E-state index contributed by atoms with van der Waals surface area (Å²) in [6.45, 7) is 0. The molecule has 0 aliphatic rings. The minimum Gasteiger partial charge on any atom is -0.412 e. The van der Waals surface area contributed by atoms with Gasteiger partial charge in [0.05, 0.1) is 0 Å². The van der Waals surface area contributed by atoms with Crippen LogP contribution in [0.15, 0.2) is 0 Å². The van der Waals surface area contributed by atoms with E-state index in [-0.39, 0.29) is 79.2 Å².